The predicted molar refractivity (Wildman–Crippen MR) is 156 cm³/mol. The van der Waals surface area contributed by atoms with Crippen molar-refractivity contribution >= 4 is 11.4 Å². The molecule has 0 aliphatic carbocycles. The molecule has 4 N–H and O–H groups in total. The van der Waals surface area contributed by atoms with Crippen LogP contribution in [0.25, 0.3) is 0 Å². The lowest BCUT2D eigenvalue weighted by atomic mass is 9.96. The molecule has 4 aromatic rings. The molecule has 2 nitrogen and oxygen atoms in total. The normalized spacial score (nSPS) is 11.1. The second-order valence-corrected chi connectivity index (χ2v) is 10.4. The first-order valence-corrected chi connectivity index (χ1v) is 13.2. The smallest absolute Gasteiger partial charge is 0.0346 e. The summed E-state index contributed by atoms with van der Waals surface area (Å²) in [5.74, 6) is 0. The first-order chi connectivity index (χ1) is 17.3. The maximum absolute atomic E-state index is 6.04. The summed E-state index contributed by atoms with van der Waals surface area (Å²) in [6, 6.07) is 27.0. The van der Waals surface area contributed by atoms with Crippen LogP contribution in [0.5, 0.6) is 0 Å². The lowest BCUT2D eigenvalue weighted by Gasteiger charge is -2.11. The van der Waals surface area contributed by atoms with Crippen LogP contribution in [-0.4, -0.2) is 0 Å². The molecule has 0 bridgehead atoms. The van der Waals surface area contributed by atoms with Crippen molar-refractivity contribution in [3.63, 3.8) is 0 Å². The lowest BCUT2D eigenvalue weighted by Crippen LogP contribution is -1.99. The fourth-order valence-corrected chi connectivity index (χ4v) is 4.93. The van der Waals surface area contributed by atoms with Gasteiger partial charge in [-0.3, -0.25) is 0 Å². The third-order valence-corrected chi connectivity index (χ3v) is 7.56. The monoisotopic (exact) mass is 476 g/mol. The van der Waals surface area contributed by atoms with E-state index in [9.17, 15) is 0 Å². The highest BCUT2D eigenvalue weighted by Crippen LogP contribution is 2.21. The van der Waals surface area contributed by atoms with Crippen molar-refractivity contribution in [1.29, 1.82) is 0 Å². The lowest BCUT2D eigenvalue weighted by molar-refractivity contribution is 0.926. The van der Waals surface area contributed by atoms with Gasteiger partial charge in [-0.2, -0.15) is 0 Å². The molecule has 186 valence electrons. The number of anilines is 2. The minimum atomic E-state index is 0.888. The van der Waals surface area contributed by atoms with Gasteiger partial charge in [-0.05, 0) is 134 Å². The van der Waals surface area contributed by atoms with Crippen LogP contribution < -0.4 is 11.5 Å². The molecule has 0 aliphatic rings. The standard InChI is InChI=1S/C34H40N2/c1-23-21-33(35)25(3)19-31(23)17-15-29-11-7-27(8-12-29)5-6-28-9-13-30(14-10-28)16-18-32-20-26(4)34(36)22-24(32)2/h7-14,19-22H,5-6,15-18,35-36H2,1-4H3. The molecule has 2 heteroatoms. The summed E-state index contributed by atoms with van der Waals surface area (Å²) in [6.07, 6.45) is 6.36. The topological polar surface area (TPSA) is 52.0 Å². The molecule has 36 heavy (non-hydrogen) atoms. The highest BCUT2D eigenvalue weighted by Gasteiger charge is 2.05. The Hall–Kier alpha value is -3.52. The summed E-state index contributed by atoms with van der Waals surface area (Å²) < 4.78 is 0. The second kappa shape index (κ2) is 11.5. The van der Waals surface area contributed by atoms with E-state index in [1.807, 2.05) is 0 Å². The molecule has 0 spiro atoms. The van der Waals surface area contributed by atoms with Gasteiger partial charge >= 0.3 is 0 Å². The van der Waals surface area contributed by atoms with Crippen molar-refractivity contribution < 1.29 is 0 Å². The summed E-state index contributed by atoms with van der Waals surface area (Å²) in [5.41, 5.74) is 27.1. The number of nitrogens with two attached hydrogens (primary N) is 2. The summed E-state index contributed by atoms with van der Waals surface area (Å²) in [4.78, 5) is 0. The first-order valence-electron chi connectivity index (χ1n) is 13.2. The third kappa shape index (κ3) is 6.57. The average molecular weight is 477 g/mol. The van der Waals surface area contributed by atoms with Crippen molar-refractivity contribution in [2.24, 2.45) is 0 Å². The zero-order chi connectivity index (χ0) is 25.7. The van der Waals surface area contributed by atoms with E-state index in [4.69, 9.17) is 11.5 Å². The zero-order valence-electron chi connectivity index (χ0n) is 22.3. The van der Waals surface area contributed by atoms with E-state index in [0.717, 1.165) is 49.9 Å². The van der Waals surface area contributed by atoms with Gasteiger partial charge in [0, 0.05) is 11.4 Å². The van der Waals surface area contributed by atoms with E-state index in [0.29, 0.717) is 0 Å². The minimum absolute atomic E-state index is 0.888. The maximum atomic E-state index is 6.04. The van der Waals surface area contributed by atoms with Crippen molar-refractivity contribution in [1.82, 2.24) is 0 Å². The Morgan fingerprint density at radius 1 is 0.389 bits per heavy atom. The van der Waals surface area contributed by atoms with Gasteiger partial charge in [0.2, 0.25) is 0 Å². The fourth-order valence-electron chi connectivity index (χ4n) is 4.93. The van der Waals surface area contributed by atoms with Gasteiger partial charge in [0.1, 0.15) is 0 Å². The van der Waals surface area contributed by atoms with Crippen LogP contribution in [0.15, 0.2) is 72.8 Å². The van der Waals surface area contributed by atoms with Crippen LogP contribution in [0.1, 0.15) is 55.6 Å². The van der Waals surface area contributed by atoms with Crippen molar-refractivity contribution in [2.75, 3.05) is 11.5 Å². The van der Waals surface area contributed by atoms with Crippen molar-refractivity contribution in [3.8, 4) is 0 Å². The van der Waals surface area contributed by atoms with Gasteiger partial charge in [-0.15, -0.1) is 0 Å². The van der Waals surface area contributed by atoms with Gasteiger partial charge < -0.3 is 11.5 Å². The largest absolute Gasteiger partial charge is 0.399 e. The van der Waals surface area contributed by atoms with E-state index in [1.165, 1.54) is 55.6 Å². The number of aryl methyl sites for hydroxylation is 10. The van der Waals surface area contributed by atoms with E-state index < -0.39 is 0 Å². The molecule has 0 unspecified atom stereocenters. The van der Waals surface area contributed by atoms with Crippen molar-refractivity contribution in [2.45, 2.75) is 66.2 Å². The number of nitrogen functional groups attached to an aromatic ring is 2. The molecule has 0 aliphatic heterocycles. The van der Waals surface area contributed by atoms with E-state index in [-0.39, 0.29) is 0 Å². The molecular weight excluding hydrogens is 436 g/mol. The highest BCUT2D eigenvalue weighted by molar-refractivity contribution is 5.52. The molecule has 0 heterocycles. The quantitative estimate of drug-likeness (QED) is 0.247. The maximum Gasteiger partial charge on any atom is 0.0346 e. The van der Waals surface area contributed by atoms with Crippen LogP contribution in [0, 0.1) is 27.7 Å². The Bertz CT molecular complexity index is 1210. The molecule has 0 radical (unpaired) electrons. The minimum Gasteiger partial charge on any atom is -0.399 e. The Labute approximate surface area is 217 Å². The van der Waals surface area contributed by atoms with Crippen LogP contribution in [0.3, 0.4) is 0 Å². The second-order valence-electron chi connectivity index (χ2n) is 10.4. The Morgan fingerprint density at radius 3 is 0.972 bits per heavy atom. The van der Waals surface area contributed by atoms with Crippen molar-refractivity contribution in [3.05, 3.63) is 128 Å². The van der Waals surface area contributed by atoms with Crippen LogP contribution >= 0.6 is 0 Å². The predicted octanol–water partition coefficient (Wildman–Crippen LogP) is 7.44. The Morgan fingerprint density at radius 2 is 0.667 bits per heavy atom. The number of rotatable bonds is 9. The molecule has 4 rings (SSSR count). The van der Waals surface area contributed by atoms with Gasteiger partial charge in [0.25, 0.3) is 0 Å². The van der Waals surface area contributed by atoms with Crippen LogP contribution in [-0.2, 0) is 38.5 Å². The number of hydrogen-bond donors (Lipinski definition) is 2. The molecule has 0 amide bonds. The molecular formula is C34H40N2. The summed E-state index contributed by atoms with van der Waals surface area (Å²) in [7, 11) is 0. The fraction of sp³-hybridized carbons (Fsp3) is 0.294. The number of benzene rings is 4. The van der Waals surface area contributed by atoms with E-state index in [2.05, 4.69) is 100 Å². The molecule has 0 saturated heterocycles. The Kier molecular flexibility index (Phi) is 8.15. The number of hydrogen-bond acceptors (Lipinski definition) is 2. The third-order valence-electron chi connectivity index (χ3n) is 7.56. The SMILES string of the molecule is Cc1cc(CCc2ccc(CCc3ccc(CCc4cc(C)c(N)cc4C)cc3)cc2)c(C)cc1N. The molecule has 4 aromatic carbocycles. The van der Waals surface area contributed by atoms with E-state index >= 15 is 0 Å². The van der Waals surface area contributed by atoms with Gasteiger partial charge in [0.05, 0.1) is 0 Å². The molecule has 0 aromatic heterocycles. The first kappa shape index (κ1) is 25.6. The van der Waals surface area contributed by atoms with Gasteiger partial charge in [-0.1, -0.05) is 60.7 Å². The van der Waals surface area contributed by atoms with Crippen LogP contribution in [0.2, 0.25) is 0 Å². The Balaban J connectivity index is 1.26. The molecule has 0 fully saturated rings. The van der Waals surface area contributed by atoms with Gasteiger partial charge in [-0.25, -0.2) is 0 Å². The molecule has 0 saturated carbocycles. The van der Waals surface area contributed by atoms with Crippen LogP contribution in [0.4, 0.5) is 11.4 Å². The van der Waals surface area contributed by atoms with E-state index in [1.54, 1.807) is 0 Å². The molecule has 0 atom stereocenters. The summed E-state index contributed by atoms with van der Waals surface area (Å²) >= 11 is 0. The van der Waals surface area contributed by atoms with Gasteiger partial charge in [0.15, 0.2) is 0 Å². The average Bonchev–Trinajstić information content (AvgIpc) is 2.87. The zero-order valence-corrected chi connectivity index (χ0v) is 22.3. The summed E-state index contributed by atoms with van der Waals surface area (Å²) in [5, 5.41) is 0. The summed E-state index contributed by atoms with van der Waals surface area (Å²) in [6.45, 7) is 8.48. The highest BCUT2D eigenvalue weighted by atomic mass is 14.6.